The van der Waals surface area contributed by atoms with Crippen LogP contribution < -0.4 is 5.32 Å². The highest BCUT2D eigenvalue weighted by Gasteiger charge is 2.35. The first kappa shape index (κ1) is 15.3. The molecule has 1 aliphatic heterocycles. The summed E-state index contributed by atoms with van der Waals surface area (Å²) in [6, 6.07) is 2.19. The summed E-state index contributed by atoms with van der Waals surface area (Å²) < 4.78 is 0. The largest absolute Gasteiger partial charge is 0.315 e. The molecule has 19 heavy (non-hydrogen) atoms. The van der Waals surface area contributed by atoms with E-state index in [2.05, 4.69) is 43.2 Å². The molecular formula is C16H33N3. The van der Waals surface area contributed by atoms with E-state index in [1.54, 1.807) is 0 Å². The number of likely N-dealkylation sites (N-methyl/N-ethyl adjacent to an activating group) is 3. The standard InChI is InChI=1S/C16H33N3/c1-5-13-8-9-15(17-2)16(11-13)19(4)14-7-6-10-18(3)12-14/h13-17H,5-12H2,1-4H3. The van der Waals surface area contributed by atoms with Gasteiger partial charge < -0.3 is 10.2 Å². The van der Waals surface area contributed by atoms with Crippen molar-refractivity contribution in [1.29, 1.82) is 0 Å². The minimum Gasteiger partial charge on any atom is -0.315 e. The van der Waals surface area contributed by atoms with Crippen LogP contribution in [0.4, 0.5) is 0 Å². The fourth-order valence-electron chi connectivity index (χ4n) is 4.13. The lowest BCUT2D eigenvalue weighted by Gasteiger charge is -2.46. The van der Waals surface area contributed by atoms with Gasteiger partial charge in [0.2, 0.25) is 0 Å². The monoisotopic (exact) mass is 267 g/mol. The molecule has 1 N–H and O–H groups in total. The van der Waals surface area contributed by atoms with Gasteiger partial charge in [-0.25, -0.2) is 0 Å². The van der Waals surface area contributed by atoms with E-state index in [0.29, 0.717) is 6.04 Å². The van der Waals surface area contributed by atoms with E-state index in [4.69, 9.17) is 0 Å². The quantitative estimate of drug-likeness (QED) is 0.842. The molecule has 0 aromatic carbocycles. The number of piperidine rings is 1. The van der Waals surface area contributed by atoms with E-state index < -0.39 is 0 Å². The fraction of sp³-hybridized carbons (Fsp3) is 1.00. The Morgan fingerprint density at radius 2 is 2.05 bits per heavy atom. The normalized spacial score (nSPS) is 37.7. The Labute approximate surface area is 119 Å². The van der Waals surface area contributed by atoms with Crippen LogP contribution in [0.5, 0.6) is 0 Å². The predicted molar refractivity (Wildman–Crippen MR) is 82.5 cm³/mol. The lowest BCUT2D eigenvalue weighted by molar-refractivity contribution is 0.0509. The maximum Gasteiger partial charge on any atom is 0.0252 e. The van der Waals surface area contributed by atoms with Crippen LogP contribution in [0.25, 0.3) is 0 Å². The minimum absolute atomic E-state index is 0.694. The van der Waals surface area contributed by atoms with Gasteiger partial charge in [-0.15, -0.1) is 0 Å². The molecule has 2 rings (SSSR count). The van der Waals surface area contributed by atoms with Crippen molar-refractivity contribution < 1.29 is 0 Å². The van der Waals surface area contributed by atoms with Gasteiger partial charge in [-0.3, -0.25) is 4.90 Å². The van der Waals surface area contributed by atoms with E-state index >= 15 is 0 Å². The van der Waals surface area contributed by atoms with E-state index in [1.165, 1.54) is 51.6 Å². The van der Waals surface area contributed by atoms with Gasteiger partial charge in [0.1, 0.15) is 0 Å². The first-order valence-corrected chi connectivity index (χ1v) is 8.23. The van der Waals surface area contributed by atoms with Gasteiger partial charge in [-0.05, 0) is 65.7 Å². The molecule has 4 atom stereocenters. The first-order valence-electron chi connectivity index (χ1n) is 8.23. The highest BCUT2D eigenvalue weighted by atomic mass is 15.2. The number of nitrogens with one attached hydrogen (secondary N) is 1. The van der Waals surface area contributed by atoms with Crippen LogP contribution >= 0.6 is 0 Å². The molecular weight excluding hydrogens is 234 g/mol. The van der Waals surface area contributed by atoms with Gasteiger partial charge in [0.05, 0.1) is 0 Å². The second kappa shape index (κ2) is 7.05. The Kier molecular flexibility index (Phi) is 5.67. The molecule has 0 spiro atoms. The Hall–Kier alpha value is -0.120. The molecule has 0 amide bonds. The van der Waals surface area contributed by atoms with Gasteiger partial charge in [-0.2, -0.15) is 0 Å². The van der Waals surface area contributed by atoms with Gasteiger partial charge in [-0.1, -0.05) is 13.3 Å². The Balaban J connectivity index is 1.99. The molecule has 0 bridgehead atoms. The Bertz CT molecular complexity index is 269. The molecule has 0 aromatic rings. The summed E-state index contributed by atoms with van der Waals surface area (Å²) in [5.41, 5.74) is 0. The van der Waals surface area contributed by atoms with Crippen molar-refractivity contribution in [3.8, 4) is 0 Å². The molecule has 2 aliphatic rings. The predicted octanol–water partition coefficient (Wildman–Crippen LogP) is 2.18. The zero-order valence-electron chi connectivity index (χ0n) is 13.4. The number of hydrogen-bond acceptors (Lipinski definition) is 3. The van der Waals surface area contributed by atoms with Gasteiger partial charge in [0.25, 0.3) is 0 Å². The third-order valence-electron chi connectivity index (χ3n) is 5.57. The van der Waals surface area contributed by atoms with Crippen LogP contribution in [0.1, 0.15) is 45.4 Å². The van der Waals surface area contributed by atoms with Crippen molar-refractivity contribution in [3.05, 3.63) is 0 Å². The molecule has 1 heterocycles. The number of rotatable bonds is 4. The number of likely N-dealkylation sites (tertiary alicyclic amines) is 1. The maximum atomic E-state index is 3.57. The summed E-state index contributed by atoms with van der Waals surface area (Å²) in [5, 5.41) is 3.57. The fourth-order valence-corrected chi connectivity index (χ4v) is 4.13. The molecule has 112 valence electrons. The second-order valence-electron chi connectivity index (χ2n) is 6.77. The molecule has 1 saturated heterocycles. The summed E-state index contributed by atoms with van der Waals surface area (Å²) >= 11 is 0. The maximum absolute atomic E-state index is 3.57. The van der Waals surface area contributed by atoms with Crippen molar-refractivity contribution in [3.63, 3.8) is 0 Å². The zero-order chi connectivity index (χ0) is 13.8. The smallest absolute Gasteiger partial charge is 0.0252 e. The average Bonchev–Trinajstić information content (AvgIpc) is 2.45. The lowest BCUT2D eigenvalue weighted by atomic mass is 9.79. The van der Waals surface area contributed by atoms with E-state index in [9.17, 15) is 0 Å². The van der Waals surface area contributed by atoms with E-state index in [0.717, 1.165) is 18.0 Å². The van der Waals surface area contributed by atoms with Crippen molar-refractivity contribution in [1.82, 2.24) is 15.1 Å². The van der Waals surface area contributed by atoms with Crippen LogP contribution in [0.3, 0.4) is 0 Å². The summed E-state index contributed by atoms with van der Waals surface area (Å²) in [6.45, 7) is 4.89. The minimum atomic E-state index is 0.694. The topological polar surface area (TPSA) is 18.5 Å². The molecule has 0 aromatic heterocycles. The van der Waals surface area contributed by atoms with Crippen LogP contribution in [0.2, 0.25) is 0 Å². The second-order valence-corrected chi connectivity index (χ2v) is 6.77. The van der Waals surface area contributed by atoms with Crippen LogP contribution in [-0.4, -0.2) is 62.2 Å². The summed E-state index contributed by atoms with van der Waals surface area (Å²) in [4.78, 5) is 5.21. The lowest BCUT2D eigenvalue weighted by Crippen LogP contribution is -2.57. The summed E-state index contributed by atoms with van der Waals surface area (Å²) in [6.07, 6.45) is 8.25. The van der Waals surface area contributed by atoms with Gasteiger partial charge in [0, 0.05) is 24.7 Å². The van der Waals surface area contributed by atoms with E-state index in [1.807, 2.05) is 0 Å². The van der Waals surface area contributed by atoms with Gasteiger partial charge in [0.15, 0.2) is 0 Å². The highest BCUT2D eigenvalue weighted by molar-refractivity contribution is 4.92. The van der Waals surface area contributed by atoms with Crippen LogP contribution in [0, 0.1) is 5.92 Å². The van der Waals surface area contributed by atoms with Crippen molar-refractivity contribution in [2.24, 2.45) is 5.92 Å². The Morgan fingerprint density at radius 3 is 2.68 bits per heavy atom. The number of nitrogens with zero attached hydrogens (tertiary/aromatic N) is 2. The number of hydrogen-bond donors (Lipinski definition) is 1. The third kappa shape index (κ3) is 3.71. The molecule has 2 fully saturated rings. The highest BCUT2D eigenvalue weighted by Crippen LogP contribution is 2.31. The summed E-state index contributed by atoms with van der Waals surface area (Å²) in [5.74, 6) is 0.943. The molecule has 3 heteroatoms. The average molecular weight is 267 g/mol. The third-order valence-corrected chi connectivity index (χ3v) is 5.57. The Morgan fingerprint density at radius 1 is 1.26 bits per heavy atom. The summed E-state index contributed by atoms with van der Waals surface area (Å²) in [7, 11) is 6.78. The molecule has 0 radical (unpaired) electrons. The van der Waals surface area contributed by atoms with E-state index in [-0.39, 0.29) is 0 Å². The first-order chi connectivity index (χ1) is 9.15. The molecule has 3 nitrogen and oxygen atoms in total. The molecule has 1 aliphatic carbocycles. The SMILES string of the molecule is CCC1CCC(NC)C(N(C)C2CCCN(C)C2)C1. The van der Waals surface area contributed by atoms with Crippen LogP contribution in [-0.2, 0) is 0 Å². The molecule has 4 unspecified atom stereocenters. The van der Waals surface area contributed by atoms with Crippen molar-refractivity contribution in [2.45, 2.75) is 63.6 Å². The van der Waals surface area contributed by atoms with Crippen molar-refractivity contribution in [2.75, 3.05) is 34.2 Å². The van der Waals surface area contributed by atoms with Gasteiger partial charge >= 0.3 is 0 Å². The zero-order valence-corrected chi connectivity index (χ0v) is 13.4. The van der Waals surface area contributed by atoms with Crippen LogP contribution in [0.15, 0.2) is 0 Å². The molecule has 1 saturated carbocycles. The van der Waals surface area contributed by atoms with Crippen molar-refractivity contribution >= 4 is 0 Å².